The van der Waals surface area contributed by atoms with Gasteiger partial charge in [-0.2, -0.15) is 0 Å². The van der Waals surface area contributed by atoms with Crippen LogP contribution in [0.5, 0.6) is 0 Å². The van der Waals surface area contributed by atoms with E-state index in [2.05, 4.69) is 23.2 Å². The van der Waals surface area contributed by atoms with Gasteiger partial charge in [0.1, 0.15) is 0 Å². The summed E-state index contributed by atoms with van der Waals surface area (Å²) in [6, 6.07) is 14.1. The van der Waals surface area contributed by atoms with Gasteiger partial charge in [0.25, 0.3) is 0 Å². The Morgan fingerprint density at radius 2 is 2.08 bits per heavy atom. The van der Waals surface area contributed by atoms with Crippen LogP contribution in [-0.2, 0) is 17.8 Å². The zero-order valence-corrected chi connectivity index (χ0v) is 16.1. The molecule has 0 bridgehead atoms. The molecule has 1 amide bonds. The summed E-state index contributed by atoms with van der Waals surface area (Å²) < 4.78 is 2.01. The van der Waals surface area contributed by atoms with E-state index in [9.17, 15) is 4.79 Å². The lowest BCUT2D eigenvalue weighted by Crippen LogP contribution is -2.40. The second kappa shape index (κ2) is 6.98. The number of aromatic nitrogens is 1. The molecule has 0 radical (unpaired) electrons. The molecule has 2 aromatic carbocycles. The summed E-state index contributed by atoms with van der Waals surface area (Å²) in [6.45, 7) is 3.46. The second-order valence-corrected chi connectivity index (χ2v) is 9.19. The molecular formula is C19H17ClN2OS2. The molecule has 0 spiro atoms. The highest BCUT2D eigenvalue weighted by atomic mass is 35.5. The van der Waals surface area contributed by atoms with Crippen molar-refractivity contribution in [1.29, 1.82) is 0 Å². The largest absolute Gasteiger partial charge is 0.337 e. The third kappa shape index (κ3) is 3.54. The molecule has 0 saturated heterocycles. The number of fused-ring (bicyclic) bond motifs is 2. The molecule has 25 heavy (non-hydrogen) atoms. The van der Waals surface area contributed by atoms with Crippen LogP contribution in [-0.4, -0.2) is 27.6 Å². The van der Waals surface area contributed by atoms with E-state index in [0.29, 0.717) is 11.6 Å². The number of thioether (sulfide) groups is 1. The second-order valence-electron chi connectivity index (χ2n) is 6.13. The van der Waals surface area contributed by atoms with Gasteiger partial charge < -0.3 is 4.90 Å². The normalized spacial score (nSPS) is 15.2. The van der Waals surface area contributed by atoms with Gasteiger partial charge in [-0.25, -0.2) is 4.98 Å². The van der Waals surface area contributed by atoms with Crippen molar-refractivity contribution in [3.63, 3.8) is 0 Å². The summed E-state index contributed by atoms with van der Waals surface area (Å²) in [5.74, 6) is 0.178. The van der Waals surface area contributed by atoms with Crippen LogP contribution in [0.25, 0.3) is 10.2 Å². The number of hydrogen-bond donors (Lipinski definition) is 0. The average molecular weight is 389 g/mol. The zero-order valence-electron chi connectivity index (χ0n) is 13.7. The molecule has 128 valence electrons. The fourth-order valence-electron chi connectivity index (χ4n) is 3.07. The van der Waals surface area contributed by atoms with E-state index in [1.54, 1.807) is 11.3 Å². The van der Waals surface area contributed by atoms with E-state index in [1.807, 2.05) is 36.1 Å². The van der Waals surface area contributed by atoms with Gasteiger partial charge in [-0.05, 0) is 42.7 Å². The maximum Gasteiger partial charge on any atom is 0.236 e. The molecule has 0 unspecified atom stereocenters. The molecule has 1 aliphatic heterocycles. The van der Waals surface area contributed by atoms with Crippen molar-refractivity contribution >= 4 is 50.8 Å². The van der Waals surface area contributed by atoms with Crippen LogP contribution in [0.1, 0.15) is 18.1 Å². The fraction of sp³-hybridized carbons (Fsp3) is 0.263. The number of amides is 1. The topological polar surface area (TPSA) is 33.2 Å². The van der Waals surface area contributed by atoms with Crippen molar-refractivity contribution in [3.8, 4) is 0 Å². The number of nitrogens with zero attached hydrogens (tertiary/aromatic N) is 2. The Morgan fingerprint density at radius 3 is 2.92 bits per heavy atom. The molecule has 6 heteroatoms. The number of benzene rings is 2. The summed E-state index contributed by atoms with van der Waals surface area (Å²) >= 11 is 9.16. The number of halogens is 1. The van der Waals surface area contributed by atoms with Gasteiger partial charge in [-0.15, -0.1) is 11.3 Å². The third-order valence-electron chi connectivity index (χ3n) is 4.40. The fourth-order valence-corrected chi connectivity index (χ4v) is 5.51. The van der Waals surface area contributed by atoms with Crippen LogP contribution in [0.3, 0.4) is 0 Å². The van der Waals surface area contributed by atoms with Crippen LogP contribution < -0.4 is 0 Å². The quantitative estimate of drug-likeness (QED) is 0.591. The Morgan fingerprint density at radius 1 is 1.28 bits per heavy atom. The Kier molecular flexibility index (Phi) is 4.71. The first-order valence-corrected chi connectivity index (χ1v) is 10.3. The highest BCUT2D eigenvalue weighted by molar-refractivity contribution is 8.02. The lowest BCUT2D eigenvalue weighted by Gasteiger charge is -2.30. The van der Waals surface area contributed by atoms with Crippen molar-refractivity contribution in [1.82, 2.24) is 9.88 Å². The van der Waals surface area contributed by atoms with E-state index in [0.717, 1.165) is 27.5 Å². The predicted molar refractivity (Wildman–Crippen MR) is 106 cm³/mol. The monoisotopic (exact) mass is 388 g/mol. The van der Waals surface area contributed by atoms with Gasteiger partial charge in [-0.1, -0.05) is 47.6 Å². The first-order valence-electron chi connectivity index (χ1n) is 8.18. The highest BCUT2D eigenvalue weighted by Gasteiger charge is 2.26. The van der Waals surface area contributed by atoms with E-state index in [-0.39, 0.29) is 11.2 Å². The van der Waals surface area contributed by atoms with Gasteiger partial charge in [0, 0.05) is 18.1 Å². The van der Waals surface area contributed by atoms with Gasteiger partial charge in [-0.3, -0.25) is 4.79 Å². The summed E-state index contributed by atoms with van der Waals surface area (Å²) in [4.78, 5) is 19.4. The lowest BCUT2D eigenvalue weighted by molar-refractivity contribution is -0.131. The Labute approximate surface area is 160 Å². The Hall–Kier alpha value is -1.56. The van der Waals surface area contributed by atoms with Crippen molar-refractivity contribution < 1.29 is 4.79 Å². The average Bonchev–Trinajstić information content (AvgIpc) is 3.01. The van der Waals surface area contributed by atoms with Crippen molar-refractivity contribution in [2.45, 2.75) is 29.5 Å². The maximum atomic E-state index is 12.8. The zero-order chi connectivity index (χ0) is 17.4. The molecule has 0 aliphatic carbocycles. The Balaban J connectivity index is 1.47. The first-order chi connectivity index (χ1) is 12.1. The van der Waals surface area contributed by atoms with Gasteiger partial charge in [0.15, 0.2) is 4.34 Å². The minimum Gasteiger partial charge on any atom is -0.337 e. The molecule has 1 aromatic heterocycles. The molecule has 0 fully saturated rings. The van der Waals surface area contributed by atoms with Gasteiger partial charge in [0.2, 0.25) is 5.91 Å². The summed E-state index contributed by atoms with van der Waals surface area (Å²) in [5, 5.41) is 0.534. The molecule has 1 aliphatic rings. The van der Waals surface area contributed by atoms with Crippen molar-refractivity contribution in [3.05, 3.63) is 58.6 Å². The number of hydrogen-bond acceptors (Lipinski definition) is 4. The lowest BCUT2D eigenvalue weighted by atomic mass is 10.00. The van der Waals surface area contributed by atoms with E-state index >= 15 is 0 Å². The number of thiazole rings is 1. The maximum absolute atomic E-state index is 12.8. The molecule has 0 N–H and O–H groups in total. The van der Waals surface area contributed by atoms with Crippen LogP contribution in [0.2, 0.25) is 5.02 Å². The number of rotatable bonds is 3. The smallest absolute Gasteiger partial charge is 0.236 e. The molecule has 3 aromatic rings. The summed E-state index contributed by atoms with van der Waals surface area (Å²) in [7, 11) is 0. The van der Waals surface area contributed by atoms with Gasteiger partial charge in [0.05, 0.1) is 15.5 Å². The van der Waals surface area contributed by atoms with Crippen molar-refractivity contribution in [2.24, 2.45) is 0 Å². The van der Waals surface area contributed by atoms with Crippen LogP contribution in [0.4, 0.5) is 0 Å². The van der Waals surface area contributed by atoms with E-state index in [4.69, 9.17) is 11.6 Å². The number of carbonyl (C=O) groups excluding carboxylic acids is 1. The van der Waals surface area contributed by atoms with Crippen LogP contribution >= 0.6 is 34.7 Å². The highest BCUT2D eigenvalue weighted by Crippen LogP contribution is 2.34. The number of carbonyl (C=O) groups is 1. The van der Waals surface area contributed by atoms with Crippen LogP contribution in [0.15, 0.2) is 46.8 Å². The molecule has 4 rings (SSSR count). The first kappa shape index (κ1) is 16.9. The predicted octanol–water partition coefficient (Wildman–Crippen LogP) is 5.02. The molecular weight excluding hydrogens is 372 g/mol. The van der Waals surface area contributed by atoms with Crippen LogP contribution in [0, 0.1) is 0 Å². The van der Waals surface area contributed by atoms with Crippen molar-refractivity contribution in [2.75, 3.05) is 6.54 Å². The summed E-state index contributed by atoms with van der Waals surface area (Å²) in [5.41, 5.74) is 3.51. The standard InChI is InChI=1S/C19H17ClN2OS2/c1-12(24-19-21-16-10-15(20)6-7-17(16)25-19)18(23)22-9-8-13-4-2-3-5-14(13)11-22/h2-7,10,12H,8-9,11H2,1H3/t12-/m0/s1. The molecule has 3 nitrogen and oxygen atoms in total. The minimum absolute atomic E-state index is 0.152. The third-order valence-corrected chi connectivity index (χ3v) is 6.85. The van der Waals surface area contributed by atoms with E-state index in [1.165, 1.54) is 22.9 Å². The molecule has 1 atom stereocenters. The Bertz CT molecular complexity index is 940. The SMILES string of the molecule is C[C@H](Sc1nc2cc(Cl)ccc2s1)C(=O)N1CCc2ccccc2C1. The van der Waals surface area contributed by atoms with E-state index < -0.39 is 0 Å². The molecule has 0 saturated carbocycles. The minimum atomic E-state index is -0.152. The van der Waals surface area contributed by atoms with Gasteiger partial charge >= 0.3 is 0 Å². The summed E-state index contributed by atoms with van der Waals surface area (Å²) in [6.07, 6.45) is 0.930. The molecule has 2 heterocycles.